The molecule has 1 aromatic heterocycles. The van der Waals surface area contributed by atoms with Gasteiger partial charge in [0.05, 0.1) is 12.1 Å². The summed E-state index contributed by atoms with van der Waals surface area (Å²) in [6, 6.07) is 6.91. The van der Waals surface area contributed by atoms with E-state index >= 15 is 0 Å². The molecule has 2 N–H and O–H groups in total. The highest BCUT2D eigenvalue weighted by Gasteiger charge is 2.41. The molecule has 0 atom stereocenters. The molecule has 5 heteroatoms. The zero-order valence-corrected chi connectivity index (χ0v) is 12.3. The van der Waals surface area contributed by atoms with E-state index < -0.39 is 0 Å². The molecule has 1 aromatic carbocycles. The summed E-state index contributed by atoms with van der Waals surface area (Å²) in [5.41, 5.74) is 6.26. The lowest BCUT2D eigenvalue weighted by Crippen LogP contribution is -2.38. The van der Waals surface area contributed by atoms with Crippen LogP contribution >= 0.6 is 0 Å². The second-order valence-corrected chi connectivity index (χ2v) is 5.81. The number of nitrogens with zero attached hydrogens (tertiary/aromatic N) is 2. The Morgan fingerprint density at radius 3 is 2.45 bits per heavy atom. The molecule has 1 aliphatic rings. The fourth-order valence-electron chi connectivity index (χ4n) is 3.05. The first-order valence-electron chi connectivity index (χ1n) is 7.44. The summed E-state index contributed by atoms with van der Waals surface area (Å²) in [7, 11) is 0. The van der Waals surface area contributed by atoms with E-state index in [0.717, 1.165) is 24.8 Å². The van der Waals surface area contributed by atoms with Crippen LogP contribution in [0.15, 0.2) is 36.7 Å². The first-order chi connectivity index (χ1) is 10.6. The lowest BCUT2D eigenvalue weighted by molar-refractivity contribution is 0.100. The van der Waals surface area contributed by atoms with Gasteiger partial charge in [-0.2, -0.15) is 0 Å². The third kappa shape index (κ3) is 2.64. The highest BCUT2D eigenvalue weighted by atomic mass is 19.1. The molecule has 4 nitrogen and oxygen atoms in total. The SMILES string of the molecule is NCC(=O)c1cnc(CC2(c3ccccc3F)CCC2)nc1. The first-order valence-corrected chi connectivity index (χ1v) is 7.44. The van der Waals surface area contributed by atoms with E-state index in [1.807, 2.05) is 12.1 Å². The third-order valence-electron chi connectivity index (χ3n) is 4.47. The zero-order chi connectivity index (χ0) is 15.6. The summed E-state index contributed by atoms with van der Waals surface area (Å²) in [5.74, 6) is 0.285. The van der Waals surface area contributed by atoms with Gasteiger partial charge in [-0.3, -0.25) is 4.79 Å². The maximum Gasteiger partial charge on any atom is 0.179 e. The van der Waals surface area contributed by atoms with E-state index in [4.69, 9.17) is 5.73 Å². The van der Waals surface area contributed by atoms with E-state index in [-0.39, 0.29) is 23.6 Å². The minimum absolute atomic E-state index is 0.0537. The van der Waals surface area contributed by atoms with Gasteiger partial charge in [-0.05, 0) is 24.5 Å². The minimum atomic E-state index is -0.218. The molecular weight excluding hydrogens is 281 g/mol. The molecule has 1 saturated carbocycles. The van der Waals surface area contributed by atoms with Crippen molar-refractivity contribution in [3.05, 3.63) is 59.4 Å². The minimum Gasteiger partial charge on any atom is -0.324 e. The van der Waals surface area contributed by atoms with E-state index in [1.165, 1.54) is 18.5 Å². The fourth-order valence-corrected chi connectivity index (χ4v) is 3.05. The van der Waals surface area contributed by atoms with E-state index in [1.54, 1.807) is 6.07 Å². The third-order valence-corrected chi connectivity index (χ3v) is 4.47. The van der Waals surface area contributed by atoms with Crippen molar-refractivity contribution in [1.29, 1.82) is 0 Å². The van der Waals surface area contributed by atoms with Crippen LogP contribution in [-0.2, 0) is 11.8 Å². The molecule has 3 rings (SSSR count). The van der Waals surface area contributed by atoms with Gasteiger partial charge in [-0.15, -0.1) is 0 Å². The molecule has 22 heavy (non-hydrogen) atoms. The highest BCUT2D eigenvalue weighted by molar-refractivity contribution is 5.96. The van der Waals surface area contributed by atoms with Crippen LogP contribution in [0.25, 0.3) is 0 Å². The maximum atomic E-state index is 14.1. The van der Waals surface area contributed by atoms with Crippen LogP contribution in [0.3, 0.4) is 0 Å². The molecule has 0 aliphatic heterocycles. The molecule has 0 radical (unpaired) electrons. The smallest absolute Gasteiger partial charge is 0.179 e. The second-order valence-electron chi connectivity index (χ2n) is 5.81. The normalized spacial score (nSPS) is 16.1. The Balaban J connectivity index is 1.84. The average Bonchev–Trinajstić information content (AvgIpc) is 2.51. The molecule has 1 aliphatic carbocycles. The maximum absolute atomic E-state index is 14.1. The van der Waals surface area contributed by atoms with Crippen LogP contribution in [0.4, 0.5) is 4.39 Å². The van der Waals surface area contributed by atoms with Gasteiger partial charge in [-0.25, -0.2) is 14.4 Å². The lowest BCUT2D eigenvalue weighted by atomic mass is 9.62. The molecular formula is C17H18FN3O. The highest BCUT2D eigenvalue weighted by Crippen LogP contribution is 2.46. The predicted octanol–water partition coefficient (Wildman–Crippen LogP) is 2.42. The van der Waals surface area contributed by atoms with Crippen molar-refractivity contribution in [3.63, 3.8) is 0 Å². The Morgan fingerprint density at radius 1 is 1.23 bits per heavy atom. The average molecular weight is 299 g/mol. The number of carbonyl (C=O) groups is 1. The number of ketones is 1. The Morgan fingerprint density at radius 2 is 1.91 bits per heavy atom. The number of benzene rings is 1. The number of nitrogens with two attached hydrogens (primary N) is 1. The number of hydrogen-bond acceptors (Lipinski definition) is 4. The number of aromatic nitrogens is 2. The number of Topliss-reactive ketones (excluding diaryl/α,β-unsaturated/α-hetero) is 1. The van der Waals surface area contributed by atoms with Crippen molar-refractivity contribution >= 4 is 5.78 Å². The second kappa shape index (κ2) is 5.93. The van der Waals surface area contributed by atoms with Gasteiger partial charge >= 0.3 is 0 Å². The van der Waals surface area contributed by atoms with Crippen LogP contribution in [0.5, 0.6) is 0 Å². The van der Waals surface area contributed by atoms with Crippen LogP contribution in [-0.4, -0.2) is 22.3 Å². The lowest BCUT2D eigenvalue weighted by Gasteiger charge is -2.42. The van der Waals surface area contributed by atoms with Crippen LogP contribution in [0.2, 0.25) is 0 Å². The van der Waals surface area contributed by atoms with Crippen molar-refractivity contribution in [3.8, 4) is 0 Å². The van der Waals surface area contributed by atoms with E-state index in [2.05, 4.69) is 9.97 Å². The Bertz CT molecular complexity index is 681. The number of hydrogen-bond donors (Lipinski definition) is 1. The van der Waals surface area contributed by atoms with Gasteiger partial charge in [-0.1, -0.05) is 24.6 Å². The predicted molar refractivity (Wildman–Crippen MR) is 81.0 cm³/mol. The monoisotopic (exact) mass is 299 g/mol. The molecule has 0 bridgehead atoms. The molecule has 1 fully saturated rings. The Labute approximate surface area is 128 Å². The molecule has 2 aromatic rings. The first kappa shape index (κ1) is 14.8. The van der Waals surface area contributed by atoms with Crippen LogP contribution in [0.1, 0.15) is 41.0 Å². The van der Waals surface area contributed by atoms with Gasteiger partial charge in [0, 0.05) is 24.2 Å². The van der Waals surface area contributed by atoms with Gasteiger partial charge in [0.1, 0.15) is 11.6 Å². The summed E-state index contributed by atoms with van der Waals surface area (Å²) in [6.07, 6.45) is 6.54. The summed E-state index contributed by atoms with van der Waals surface area (Å²) in [5, 5.41) is 0. The van der Waals surface area contributed by atoms with Crippen molar-refractivity contribution in [2.24, 2.45) is 5.73 Å². The topological polar surface area (TPSA) is 68.9 Å². The van der Waals surface area contributed by atoms with Gasteiger partial charge in [0.25, 0.3) is 0 Å². The number of rotatable bonds is 5. The van der Waals surface area contributed by atoms with Crippen molar-refractivity contribution < 1.29 is 9.18 Å². The van der Waals surface area contributed by atoms with E-state index in [0.29, 0.717) is 17.8 Å². The van der Waals surface area contributed by atoms with Crippen LogP contribution < -0.4 is 5.73 Å². The van der Waals surface area contributed by atoms with Gasteiger partial charge in [0.2, 0.25) is 0 Å². The van der Waals surface area contributed by atoms with Crippen LogP contribution in [0, 0.1) is 5.82 Å². The Hall–Kier alpha value is -2.14. The quantitative estimate of drug-likeness (QED) is 0.861. The molecule has 1 heterocycles. The fraction of sp³-hybridized carbons (Fsp3) is 0.353. The summed E-state index contributed by atoms with van der Waals surface area (Å²) >= 11 is 0. The van der Waals surface area contributed by atoms with Gasteiger partial charge < -0.3 is 5.73 Å². The van der Waals surface area contributed by atoms with Crippen molar-refractivity contribution in [1.82, 2.24) is 9.97 Å². The Kier molecular flexibility index (Phi) is 3.98. The summed E-state index contributed by atoms with van der Waals surface area (Å²) in [4.78, 5) is 20.0. The van der Waals surface area contributed by atoms with E-state index in [9.17, 15) is 9.18 Å². The summed E-state index contributed by atoms with van der Waals surface area (Å²) < 4.78 is 14.1. The standard InChI is InChI=1S/C17H18FN3O/c18-14-5-2-1-4-13(14)17(6-3-7-17)8-16-20-10-12(11-21-16)15(22)9-19/h1-2,4-5,10-11H,3,6-9,19H2. The van der Waals surface area contributed by atoms with Crippen molar-refractivity contribution in [2.75, 3.05) is 6.54 Å². The molecule has 114 valence electrons. The molecule has 0 spiro atoms. The molecule has 0 unspecified atom stereocenters. The summed E-state index contributed by atoms with van der Waals surface area (Å²) in [6.45, 7) is -0.0537. The number of carbonyl (C=O) groups excluding carboxylic acids is 1. The van der Waals surface area contributed by atoms with Gasteiger partial charge in [0.15, 0.2) is 5.78 Å². The zero-order valence-electron chi connectivity index (χ0n) is 12.3. The largest absolute Gasteiger partial charge is 0.324 e. The number of halogens is 1. The molecule has 0 saturated heterocycles. The van der Waals surface area contributed by atoms with Crippen molar-refractivity contribution in [2.45, 2.75) is 31.1 Å². The molecule has 0 amide bonds.